The Hall–Kier alpha value is -4.01. The molecule has 0 spiro atoms. The smallest absolute Gasteiger partial charge is 0.410 e. The van der Waals surface area contributed by atoms with Crippen LogP contribution in [0.15, 0.2) is 121 Å². The van der Waals surface area contributed by atoms with Gasteiger partial charge in [-0.05, 0) is 22.3 Å². The molecule has 0 saturated carbocycles. The van der Waals surface area contributed by atoms with Crippen LogP contribution in [-0.2, 0) is 45.4 Å². The summed E-state index contributed by atoms with van der Waals surface area (Å²) in [6, 6.07) is 37.8. The lowest BCUT2D eigenvalue weighted by Crippen LogP contribution is -2.47. The van der Waals surface area contributed by atoms with E-state index in [4.69, 9.17) is 18.9 Å². The van der Waals surface area contributed by atoms with Gasteiger partial charge in [-0.1, -0.05) is 121 Å². The van der Waals surface area contributed by atoms with E-state index in [0.717, 1.165) is 22.3 Å². The summed E-state index contributed by atoms with van der Waals surface area (Å²) in [4.78, 5) is 15.3. The fourth-order valence-corrected chi connectivity index (χ4v) is 5.25. The number of likely N-dealkylation sites (tertiary alicyclic amines) is 1. The molecular weight excluding hydrogens is 530 g/mol. The molecule has 1 aliphatic heterocycles. The molecule has 7 nitrogen and oxygen atoms in total. The molecule has 7 heteroatoms. The van der Waals surface area contributed by atoms with Crippen molar-refractivity contribution in [3.8, 4) is 0 Å². The fraction of sp³-hybridized carbons (Fsp3) is 0.286. The van der Waals surface area contributed by atoms with E-state index in [1.165, 1.54) is 0 Å². The lowest BCUT2D eigenvalue weighted by atomic mass is 10.1. The number of benzene rings is 4. The maximum Gasteiger partial charge on any atom is 0.410 e. The number of nitrogens with zero attached hydrogens (tertiary/aromatic N) is 1. The first kappa shape index (κ1) is 29.5. The SMILES string of the molecule is O=C(OCc1ccccc1)N1[C@@H](CO)[C@H](OCc2ccccc2)[C@@H](OCc2ccccc2)[C@@H]1COCc1ccccc1. The maximum atomic E-state index is 13.7. The Morgan fingerprint density at radius 3 is 1.43 bits per heavy atom. The molecule has 0 radical (unpaired) electrons. The van der Waals surface area contributed by atoms with E-state index >= 15 is 0 Å². The molecule has 0 aliphatic carbocycles. The van der Waals surface area contributed by atoms with E-state index in [0.29, 0.717) is 19.8 Å². The second-order valence-corrected chi connectivity index (χ2v) is 10.3. The van der Waals surface area contributed by atoms with Crippen LogP contribution >= 0.6 is 0 Å². The van der Waals surface area contributed by atoms with Gasteiger partial charge in [0.25, 0.3) is 0 Å². The highest BCUT2D eigenvalue weighted by Crippen LogP contribution is 2.33. The van der Waals surface area contributed by atoms with E-state index in [2.05, 4.69) is 0 Å². The molecule has 42 heavy (non-hydrogen) atoms. The molecule has 4 atom stereocenters. The van der Waals surface area contributed by atoms with Gasteiger partial charge < -0.3 is 24.1 Å². The molecule has 0 aromatic heterocycles. The number of carbonyl (C=O) groups is 1. The topological polar surface area (TPSA) is 77.5 Å². The van der Waals surface area contributed by atoms with Crippen molar-refractivity contribution < 1.29 is 28.8 Å². The van der Waals surface area contributed by atoms with E-state index in [1.54, 1.807) is 4.90 Å². The molecule has 4 aromatic rings. The van der Waals surface area contributed by atoms with Crippen LogP contribution < -0.4 is 0 Å². The zero-order valence-electron chi connectivity index (χ0n) is 23.5. The highest BCUT2D eigenvalue weighted by Gasteiger charge is 2.53. The minimum Gasteiger partial charge on any atom is -0.445 e. The summed E-state index contributed by atoms with van der Waals surface area (Å²) in [5.41, 5.74) is 3.87. The summed E-state index contributed by atoms with van der Waals surface area (Å²) in [7, 11) is 0. The van der Waals surface area contributed by atoms with Crippen molar-refractivity contribution in [1.29, 1.82) is 0 Å². The molecule has 1 amide bonds. The first-order chi connectivity index (χ1) is 20.7. The Balaban J connectivity index is 1.40. The first-order valence-electron chi connectivity index (χ1n) is 14.3. The minimum absolute atomic E-state index is 0.108. The van der Waals surface area contributed by atoms with Crippen LogP contribution in [0.2, 0.25) is 0 Å². The maximum absolute atomic E-state index is 13.7. The van der Waals surface area contributed by atoms with Crippen molar-refractivity contribution in [3.05, 3.63) is 144 Å². The molecule has 0 unspecified atom stereocenters. The monoisotopic (exact) mass is 567 g/mol. The first-order valence-corrected chi connectivity index (χ1v) is 14.3. The summed E-state index contributed by atoms with van der Waals surface area (Å²) < 4.78 is 24.9. The van der Waals surface area contributed by atoms with E-state index in [1.807, 2.05) is 121 Å². The summed E-state index contributed by atoms with van der Waals surface area (Å²) in [5.74, 6) is 0. The molecular formula is C35H37NO6. The summed E-state index contributed by atoms with van der Waals surface area (Å²) in [5, 5.41) is 10.6. The molecule has 218 valence electrons. The molecule has 1 N–H and O–H groups in total. The molecule has 4 aromatic carbocycles. The van der Waals surface area contributed by atoms with Crippen LogP contribution in [0, 0.1) is 0 Å². The van der Waals surface area contributed by atoms with Crippen molar-refractivity contribution >= 4 is 6.09 Å². The van der Waals surface area contributed by atoms with E-state index in [-0.39, 0.29) is 19.8 Å². The highest BCUT2D eigenvalue weighted by molar-refractivity contribution is 5.69. The van der Waals surface area contributed by atoms with Gasteiger partial charge in [-0.25, -0.2) is 4.79 Å². The second-order valence-electron chi connectivity index (χ2n) is 10.3. The number of ether oxygens (including phenoxy) is 4. The normalized spacial score (nSPS) is 20.0. The predicted molar refractivity (Wildman–Crippen MR) is 159 cm³/mol. The van der Waals surface area contributed by atoms with E-state index in [9.17, 15) is 9.90 Å². The average molecular weight is 568 g/mol. The lowest BCUT2D eigenvalue weighted by Gasteiger charge is -2.29. The van der Waals surface area contributed by atoms with Crippen LogP contribution in [0.3, 0.4) is 0 Å². The van der Waals surface area contributed by atoms with Gasteiger partial charge in [0, 0.05) is 0 Å². The molecule has 5 rings (SSSR count). The van der Waals surface area contributed by atoms with Gasteiger partial charge in [0.05, 0.1) is 45.1 Å². The van der Waals surface area contributed by atoms with Crippen LogP contribution in [0.25, 0.3) is 0 Å². The lowest BCUT2D eigenvalue weighted by molar-refractivity contribution is -0.0888. The number of hydrogen-bond donors (Lipinski definition) is 1. The second kappa shape index (κ2) is 15.3. The molecule has 1 aliphatic rings. The largest absolute Gasteiger partial charge is 0.445 e. The Morgan fingerprint density at radius 2 is 0.976 bits per heavy atom. The number of carbonyl (C=O) groups excluding carboxylic acids is 1. The zero-order chi connectivity index (χ0) is 29.0. The van der Waals surface area contributed by atoms with Gasteiger partial charge >= 0.3 is 6.09 Å². The summed E-state index contributed by atoms with van der Waals surface area (Å²) in [6.07, 6.45) is -1.75. The third-order valence-corrected chi connectivity index (χ3v) is 7.37. The van der Waals surface area contributed by atoms with Gasteiger partial charge in [-0.2, -0.15) is 0 Å². The van der Waals surface area contributed by atoms with Crippen LogP contribution in [0.5, 0.6) is 0 Å². The van der Waals surface area contributed by atoms with Crippen molar-refractivity contribution in [1.82, 2.24) is 4.90 Å². The zero-order valence-corrected chi connectivity index (χ0v) is 23.5. The third-order valence-electron chi connectivity index (χ3n) is 7.37. The van der Waals surface area contributed by atoms with Gasteiger partial charge in [-0.3, -0.25) is 4.90 Å². The van der Waals surface area contributed by atoms with Crippen molar-refractivity contribution in [2.75, 3.05) is 13.2 Å². The van der Waals surface area contributed by atoms with Gasteiger partial charge in [0.1, 0.15) is 18.8 Å². The Bertz CT molecular complexity index is 1340. The van der Waals surface area contributed by atoms with Crippen LogP contribution in [0.1, 0.15) is 22.3 Å². The summed E-state index contributed by atoms with van der Waals surface area (Å²) in [6.45, 7) is 0.956. The number of aliphatic hydroxyl groups is 1. The quantitative estimate of drug-likeness (QED) is 0.222. The third kappa shape index (κ3) is 7.84. The number of rotatable bonds is 13. The highest BCUT2D eigenvalue weighted by atomic mass is 16.6. The molecule has 1 saturated heterocycles. The number of amides is 1. The van der Waals surface area contributed by atoms with E-state index < -0.39 is 30.4 Å². The number of hydrogen-bond acceptors (Lipinski definition) is 6. The van der Waals surface area contributed by atoms with Crippen molar-refractivity contribution in [2.45, 2.75) is 50.7 Å². The Labute approximate surface area is 247 Å². The Morgan fingerprint density at radius 1 is 0.571 bits per heavy atom. The molecule has 0 bridgehead atoms. The Kier molecular flexibility index (Phi) is 10.7. The minimum atomic E-state index is -0.692. The van der Waals surface area contributed by atoms with Crippen molar-refractivity contribution in [2.24, 2.45) is 0 Å². The van der Waals surface area contributed by atoms with Crippen LogP contribution in [-0.4, -0.2) is 53.6 Å². The standard InChI is InChI=1S/C35H37NO6/c37-21-31-33(40-23-28-15-7-2-8-16-28)34(41-24-29-17-9-3-10-18-29)32(26-39-22-27-13-5-1-6-14-27)36(31)35(38)42-25-30-19-11-4-12-20-30/h1-20,31-34,37H,21-26H2/t31-,32-,33-,34-/m0/s1. The average Bonchev–Trinajstić information content (AvgIpc) is 3.35. The number of aliphatic hydroxyl groups excluding tert-OH is 1. The fourth-order valence-electron chi connectivity index (χ4n) is 5.25. The van der Waals surface area contributed by atoms with Crippen LogP contribution in [0.4, 0.5) is 4.79 Å². The predicted octanol–water partition coefficient (Wildman–Crippen LogP) is 5.76. The molecule has 1 heterocycles. The van der Waals surface area contributed by atoms with Crippen molar-refractivity contribution in [3.63, 3.8) is 0 Å². The van der Waals surface area contributed by atoms with Gasteiger partial charge in [0.15, 0.2) is 0 Å². The summed E-state index contributed by atoms with van der Waals surface area (Å²) >= 11 is 0. The molecule has 1 fully saturated rings. The van der Waals surface area contributed by atoms with Gasteiger partial charge in [0.2, 0.25) is 0 Å². The van der Waals surface area contributed by atoms with Gasteiger partial charge in [-0.15, -0.1) is 0 Å².